The predicted octanol–water partition coefficient (Wildman–Crippen LogP) is 1.64. The maximum atomic E-state index is 11.7. The summed E-state index contributed by atoms with van der Waals surface area (Å²) < 4.78 is 23.3. The Bertz CT molecular complexity index is 604. The Morgan fingerprint density at radius 3 is 2.44 bits per heavy atom. The molecule has 18 heavy (non-hydrogen) atoms. The Balaban J connectivity index is 3.50. The van der Waals surface area contributed by atoms with Crippen LogP contribution in [0.4, 0.5) is 0 Å². The van der Waals surface area contributed by atoms with Gasteiger partial charge in [0.2, 0.25) is 0 Å². The average molecular weight is 267 g/mol. The van der Waals surface area contributed by atoms with E-state index in [2.05, 4.69) is 22.5 Å². The highest BCUT2D eigenvalue weighted by Gasteiger charge is 2.16. The minimum atomic E-state index is -3.24. The summed E-state index contributed by atoms with van der Waals surface area (Å²) in [5.74, 6) is 0. The van der Waals surface area contributed by atoms with Crippen molar-refractivity contribution in [2.45, 2.75) is 25.7 Å². The molecule has 0 aliphatic rings. The van der Waals surface area contributed by atoms with Crippen LogP contribution in [0.1, 0.15) is 23.6 Å². The van der Waals surface area contributed by atoms with Crippen molar-refractivity contribution in [1.82, 2.24) is 5.53 Å². The van der Waals surface area contributed by atoms with Gasteiger partial charge < -0.3 is 0 Å². The number of rotatable bonds is 4. The van der Waals surface area contributed by atoms with Crippen LogP contribution in [0.25, 0.3) is 0 Å². The molecule has 0 saturated heterocycles. The van der Waals surface area contributed by atoms with Crippen LogP contribution in [0.3, 0.4) is 0 Å². The van der Waals surface area contributed by atoms with Gasteiger partial charge in [0.25, 0.3) is 0 Å². The van der Waals surface area contributed by atoms with E-state index in [4.69, 9.17) is 0 Å². The van der Waals surface area contributed by atoms with Crippen LogP contribution in [0.15, 0.2) is 27.2 Å². The van der Waals surface area contributed by atoms with Gasteiger partial charge in [-0.1, -0.05) is 6.07 Å². The van der Waals surface area contributed by atoms with Crippen LogP contribution in [0.5, 0.6) is 0 Å². The van der Waals surface area contributed by atoms with Gasteiger partial charge in [-0.25, -0.2) is 8.42 Å². The Morgan fingerprint density at radius 2 is 1.94 bits per heavy atom. The molecule has 1 rings (SSSR count). The summed E-state index contributed by atoms with van der Waals surface area (Å²) in [6.45, 7) is 8.74. The summed E-state index contributed by atoms with van der Waals surface area (Å²) in [6, 6.07) is 3.40. The van der Waals surface area contributed by atoms with Gasteiger partial charge in [0.1, 0.15) is 0 Å². The summed E-state index contributed by atoms with van der Waals surface area (Å²) in [5.41, 5.74) is 5.56. The summed E-state index contributed by atoms with van der Waals surface area (Å²) in [7, 11) is -3.24. The van der Waals surface area contributed by atoms with E-state index in [-0.39, 0.29) is 0 Å². The van der Waals surface area contributed by atoms with Crippen molar-refractivity contribution in [2.24, 2.45) is 10.2 Å². The molecule has 1 aromatic carbocycles. The van der Waals surface area contributed by atoms with Crippen molar-refractivity contribution >= 4 is 22.3 Å². The maximum Gasteiger partial charge on any atom is 0.175 e. The number of benzene rings is 1. The minimum Gasteiger partial charge on any atom is -0.224 e. The van der Waals surface area contributed by atoms with Crippen LogP contribution in [0, 0.1) is 13.8 Å². The molecule has 0 radical (unpaired) electrons. The molecule has 1 N–H and O–H groups in total. The van der Waals surface area contributed by atoms with Crippen LogP contribution < -0.4 is 5.53 Å². The first kappa shape index (κ1) is 14.4. The summed E-state index contributed by atoms with van der Waals surface area (Å²) in [6.07, 6.45) is 1.20. The lowest BCUT2D eigenvalue weighted by atomic mass is 9.99. The quantitative estimate of drug-likeness (QED) is 0.666. The third-order valence-corrected chi connectivity index (χ3v) is 3.91. The zero-order valence-corrected chi connectivity index (χ0v) is 11.8. The van der Waals surface area contributed by atoms with Gasteiger partial charge in [-0.05, 0) is 38.0 Å². The van der Waals surface area contributed by atoms with Crippen molar-refractivity contribution in [1.29, 1.82) is 0 Å². The topological polar surface area (TPSA) is 70.9 Å². The number of nitrogens with one attached hydrogen (secondary N) is 1. The number of nitrogens with zero attached hydrogens (tertiary/aromatic N) is 2. The number of aryl methyl sites for hydroxylation is 1. The van der Waals surface area contributed by atoms with Crippen LogP contribution >= 0.6 is 0 Å². The molecule has 98 valence electrons. The Labute approximate surface area is 108 Å². The molecule has 0 saturated carbocycles. The van der Waals surface area contributed by atoms with E-state index in [0.29, 0.717) is 16.2 Å². The lowest BCUT2D eigenvalue weighted by Crippen LogP contribution is -2.10. The predicted molar refractivity (Wildman–Crippen MR) is 73.9 cm³/mol. The molecule has 0 unspecified atom stereocenters. The fourth-order valence-corrected chi connectivity index (χ4v) is 2.93. The zero-order chi connectivity index (χ0) is 13.9. The Hall–Kier alpha value is -1.69. The monoisotopic (exact) mass is 267 g/mol. The molecule has 5 nitrogen and oxygen atoms in total. The van der Waals surface area contributed by atoms with E-state index in [1.807, 2.05) is 6.92 Å². The smallest absolute Gasteiger partial charge is 0.175 e. The molecular weight excluding hydrogens is 250 g/mol. The molecule has 0 fully saturated rings. The summed E-state index contributed by atoms with van der Waals surface area (Å²) in [5, 5.41) is 7.43. The molecule has 1 aromatic rings. The van der Waals surface area contributed by atoms with Crippen molar-refractivity contribution in [2.75, 3.05) is 6.26 Å². The fraction of sp³-hybridized carbons (Fsp3) is 0.333. The van der Waals surface area contributed by atoms with Gasteiger partial charge in [0, 0.05) is 18.5 Å². The fourth-order valence-electron chi connectivity index (χ4n) is 1.95. The van der Waals surface area contributed by atoms with Gasteiger partial charge in [0.15, 0.2) is 9.84 Å². The lowest BCUT2D eigenvalue weighted by molar-refractivity contribution is 0.601. The van der Waals surface area contributed by atoms with Crippen molar-refractivity contribution in [3.63, 3.8) is 0 Å². The average Bonchev–Trinajstić information content (AvgIpc) is 2.24. The van der Waals surface area contributed by atoms with Crippen molar-refractivity contribution in [3.05, 3.63) is 28.8 Å². The van der Waals surface area contributed by atoms with Gasteiger partial charge >= 0.3 is 0 Å². The highest BCUT2D eigenvalue weighted by atomic mass is 32.2. The van der Waals surface area contributed by atoms with E-state index >= 15 is 0 Å². The Kier molecular flexibility index (Phi) is 4.24. The second-order valence-electron chi connectivity index (χ2n) is 4.11. The summed E-state index contributed by atoms with van der Waals surface area (Å²) >= 11 is 0. The van der Waals surface area contributed by atoms with E-state index in [9.17, 15) is 8.42 Å². The number of hydrogen-bond donors (Lipinski definition) is 1. The lowest BCUT2D eigenvalue weighted by Gasteiger charge is -2.13. The van der Waals surface area contributed by atoms with Gasteiger partial charge in [-0.2, -0.15) is 15.7 Å². The van der Waals surface area contributed by atoms with E-state index in [1.165, 1.54) is 6.26 Å². The molecule has 0 amide bonds. The first-order valence-electron chi connectivity index (χ1n) is 5.34. The molecule has 0 atom stereocenters. The van der Waals surface area contributed by atoms with Gasteiger partial charge in [-0.15, -0.1) is 0 Å². The second-order valence-corrected chi connectivity index (χ2v) is 6.09. The normalized spacial score (nSPS) is 12.3. The zero-order valence-electron chi connectivity index (χ0n) is 11.0. The summed E-state index contributed by atoms with van der Waals surface area (Å²) in [4.78, 5) is 0.323. The van der Waals surface area contributed by atoms with Crippen LogP contribution in [-0.4, -0.2) is 27.1 Å². The van der Waals surface area contributed by atoms with Crippen LogP contribution in [-0.2, 0) is 9.84 Å². The number of hydrazone groups is 2. The highest BCUT2D eigenvalue weighted by Crippen LogP contribution is 2.22. The molecule has 6 heteroatoms. The molecule has 0 aromatic heterocycles. The maximum absolute atomic E-state index is 11.7. The van der Waals surface area contributed by atoms with E-state index < -0.39 is 9.84 Å². The molecule has 0 heterocycles. The highest BCUT2D eigenvalue weighted by molar-refractivity contribution is 7.90. The Morgan fingerprint density at radius 1 is 1.33 bits per heavy atom. The van der Waals surface area contributed by atoms with Crippen LogP contribution in [0.2, 0.25) is 0 Å². The largest absolute Gasteiger partial charge is 0.224 e. The SMILES string of the molecule is C=NN/N=C(\C)c1c(C)ccc(S(C)(=O)=O)c1C. The minimum absolute atomic E-state index is 0.323. The first-order valence-corrected chi connectivity index (χ1v) is 7.23. The third-order valence-electron chi connectivity index (χ3n) is 2.67. The van der Waals surface area contributed by atoms with Gasteiger partial charge in [0.05, 0.1) is 10.6 Å². The number of sulfone groups is 1. The molecule has 0 aliphatic carbocycles. The number of hydrogen-bond acceptors (Lipinski definition) is 5. The molecule has 0 aliphatic heterocycles. The van der Waals surface area contributed by atoms with Crippen molar-refractivity contribution < 1.29 is 8.42 Å². The first-order chi connectivity index (χ1) is 8.29. The molecule has 0 spiro atoms. The third kappa shape index (κ3) is 2.95. The van der Waals surface area contributed by atoms with E-state index in [0.717, 1.165) is 11.1 Å². The second kappa shape index (κ2) is 5.30. The van der Waals surface area contributed by atoms with Crippen molar-refractivity contribution in [3.8, 4) is 0 Å². The molecular formula is C12H17N3O2S. The molecule has 0 bridgehead atoms. The standard InChI is InChI=1S/C12H17N3O2S/c1-8-6-7-11(18(5,16)17)9(2)12(8)10(3)14-15-13-4/h6-7,15H,4H2,1-3,5H3/b14-10+. The van der Waals surface area contributed by atoms with E-state index in [1.54, 1.807) is 26.0 Å². The van der Waals surface area contributed by atoms with Gasteiger partial charge in [-0.3, -0.25) is 0 Å².